The van der Waals surface area contributed by atoms with Gasteiger partial charge >= 0.3 is 0 Å². The minimum Gasteiger partial charge on any atom is -0.497 e. The van der Waals surface area contributed by atoms with E-state index >= 15 is 0 Å². The van der Waals surface area contributed by atoms with E-state index in [9.17, 15) is 13.2 Å². The maximum Gasteiger partial charge on any atom is 0.265 e. The van der Waals surface area contributed by atoms with Gasteiger partial charge in [0.1, 0.15) is 11.5 Å². The second-order valence-electron chi connectivity index (χ2n) is 6.06. The number of hydrogen-bond acceptors (Lipinski definition) is 5. The summed E-state index contributed by atoms with van der Waals surface area (Å²) < 4.78 is 36.4. The van der Waals surface area contributed by atoms with Gasteiger partial charge in [-0.2, -0.15) is 0 Å². The lowest BCUT2D eigenvalue weighted by molar-refractivity contribution is -0.122. The summed E-state index contributed by atoms with van der Waals surface area (Å²) in [7, 11) is -1.99. The van der Waals surface area contributed by atoms with Crippen LogP contribution in [0.2, 0.25) is 5.02 Å². The van der Waals surface area contributed by atoms with Gasteiger partial charge in [-0.05, 0) is 42.5 Å². The molecule has 3 rings (SSSR count). The van der Waals surface area contributed by atoms with Gasteiger partial charge in [0.25, 0.3) is 5.91 Å². The van der Waals surface area contributed by atoms with Crippen molar-refractivity contribution in [2.75, 3.05) is 29.5 Å². The molecular weight excluding hydrogens is 392 g/mol. The van der Waals surface area contributed by atoms with Gasteiger partial charge in [0.05, 0.1) is 19.1 Å². The zero-order valence-electron chi connectivity index (χ0n) is 14.8. The SMILES string of the molecule is COc1ccc(NC(=O)C2CCN(S(C)(=O)=O)c3cc(Cl)ccc3O2)cc1. The van der Waals surface area contributed by atoms with E-state index < -0.39 is 16.1 Å². The zero-order valence-corrected chi connectivity index (χ0v) is 16.4. The first kappa shape index (κ1) is 19.3. The molecule has 7 nitrogen and oxygen atoms in total. The first-order valence-corrected chi connectivity index (χ1v) is 10.4. The highest BCUT2D eigenvalue weighted by molar-refractivity contribution is 7.92. The molecule has 1 heterocycles. The van der Waals surface area contributed by atoms with Gasteiger partial charge in [-0.25, -0.2) is 8.42 Å². The normalized spacial score (nSPS) is 16.7. The van der Waals surface area contributed by atoms with Crippen molar-refractivity contribution in [3.8, 4) is 11.5 Å². The number of sulfonamides is 1. The standard InChI is InChI=1S/C18H19ClN2O5S/c1-25-14-6-4-13(5-7-14)20-18(22)17-9-10-21(27(2,23)24)15-11-12(19)3-8-16(15)26-17/h3-8,11,17H,9-10H2,1-2H3,(H,20,22). The van der Waals surface area contributed by atoms with Crippen LogP contribution < -0.4 is 19.1 Å². The van der Waals surface area contributed by atoms with Crippen molar-refractivity contribution in [3.05, 3.63) is 47.5 Å². The second-order valence-corrected chi connectivity index (χ2v) is 8.40. The van der Waals surface area contributed by atoms with Crippen molar-refractivity contribution < 1.29 is 22.7 Å². The summed E-state index contributed by atoms with van der Waals surface area (Å²) in [6.45, 7) is 0.104. The van der Waals surface area contributed by atoms with E-state index in [1.165, 1.54) is 10.4 Å². The number of carbonyl (C=O) groups excluding carboxylic acids is 1. The third-order valence-electron chi connectivity index (χ3n) is 4.10. The average molecular weight is 411 g/mol. The van der Waals surface area contributed by atoms with Gasteiger partial charge < -0.3 is 14.8 Å². The third kappa shape index (κ3) is 4.45. The van der Waals surface area contributed by atoms with Crippen molar-refractivity contribution in [1.82, 2.24) is 0 Å². The summed E-state index contributed by atoms with van der Waals surface area (Å²) in [5.74, 6) is 0.599. The highest BCUT2D eigenvalue weighted by atomic mass is 35.5. The van der Waals surface area contributed by atoms with Crippen LogP contribution in [0.25, 0.3) is 0 Å². The molecule has 0 aromatic heterocycles. The molecule has 1 N–H and O–H groups in total. The molecule has 0 radical (unpaired) electrons. The van der Waals surface area contributed by atoms with E-state index in [1.807, 2.05) is 0 Å². The number of rotatable bonds is 4. The summed E-state index contributed by atoms with van der Waals surface area (Å²) in [6.07, 6.45) is 0.454. The van der Waals surface area contributed by atoms with Crippen molar-refractivity contribution in [1.29, 1.82) is 0 Å². The number of hydrogen-bond donors (Lipinski definition) is 1. The van der Waals surface area contributed by atoms with Crippen LogP contribution in [0, 0.1) is 0 Å². The molecule has 0 aliphatic carbocycles. The number of nitrogens with one attached hydrogen (secondary N) is 1. The van der Waals surface area contributed by atoms with Gasteiger partial charge in [0, 0.05) is 23.7 Å². The maximum absolute atomic E-state index is 12.6. The molecule has 27 heavy (non-hydrogen) atoms. The largest absolute Gasteiger partial charge is 0.497 e. The van der Waals surface area contributed by atoms with Crippen molar-refractivity contribution in [3.63, 3.8) is 0 Å². The number of benzene rings is 2. The summed E-state index contributed by atoms with van der Waals surface area (Å²) in [6, 6.07) is 11.5. The Bertz CT molecular complexity index is 947. The number of halogens is 1. The molecule has 0 saturated heterocycles. The molecule has 1 aliphatic rings. The van der Waals surface area contributed by atoms with E-state index in [0.29, 0.717) is 22.1 Å². The fourth-order valence-corrected chi connectivity index (χ4v) is 3.88. The molecule has 0 spiro atoms. The molecule has 1 amide bonds. The Morgan fingerprint density at radius 3 is 2.59 bits per heavy atom. The molecule has 2 aromatic carbocycles. The Kier molecular flexibility index (Phi) is 5.48. The predicted molar refractivity (Wildman–Crippen MR) is 104 cm³/mol. The highest BCUT2D eigenvalue weighted by Gasteiger charge is 2.31. The number of nitrogens with zero attached hydrogens (tertiary/aromatic N) is 1. The Balaban J connectivity index is 1.83. The maximum atomic E-state index is 12.6. The molecule has 0 saturated carbocycles. The first-order valence-electron chi connectivity index (χ1n) is 8.17. The van der Waals surface area contributed by atoms with Gasteiger partial charge in [-0.15, -0.1) is 0 Å². The van der Waals surface area contributed by atoms with Gasteiger partial charge in [0.15, 0.2) is 6.10 Å². The monoisotopic (exact) mass is 410 g/mol. The van der Waals surface area contributed by atoms with Crippen LogP contribution in [0.1, 0.15) is 6.42 Å². The highest BCUT2D eigenvalue weighted by Crippen LogP contribution is 2.36. The van der Waals surface area contributed by atoms with E-state index in [-0.39, 0.29) is 24.6 Å². The number of amides is 1. The van der Waals surface area contributed by atoms with Crippen molar-refractivity contribution in [2.45, 2.75) is 12.5 Å². The Labute approximate surface area is 162 Å². The Hall–Kier alpha value is -2.45. The zero-order chi connectivity index (χ0) is 19.6. The minimum atomic E-state index is -3.55. The number of carbonyl (C=O) groups is 1. The predicted octanol–water partition coefficient (Wildman–Crippen LogP) is 2.90. The molecule has 9 heteroatoms. The lowest BCUT2D eigenvalue weighted by Crippen LogP contribution is -2.35. The third-order valence-corrected chi connectivity index (χ3v) is 5.52. The van der Waals surface area contributed by atoms with Crippen molar-refractivity contribution >= 4 is 38.9 Å². The fourth-order valence-electron chi connectivity index (χ4n) is 2.78. The van der Waals surface area contributed by atoms with E-state index in [2.05, 4.69) is 5.32 Å². The van der Waals surface area contributed by atoms with Crippen LogP contribution in [0.5, 0.6) is 11.5 Å². The quantitative estimate of drug-likeness (QED) is 0.837. The van der Waals surface area contributed by atoms with E-state index in [0.717, 1.165) is 6.26 Å². The molecule has 0 bridgehead atoms. The molecular formula is C18H19ClN2O5S. The lowest BCUT2D eigenvalue weighted by atomic mass is 10.2. The molecule has 2 aromatic rings. The smallest absolute Gasteiger partial charge is 0.265 e. The summed E-state index contributed by atoms with van der Waals surface area (Å²) in [5, 5.41) is 3.15. The van der Waals surface area contributed by atoms with Gasteiger partial charge in [-0.1, -0.05) is 11.6 Å². The molecule has 0 fully saturated rings. The van der Waals surface area contributed by atoms with Crippen LogP contribution in [-0.2, 0) is 14.8 Å². The number of ether oxygens (including phenoxy) is 2. The number of methoxy groups -OCH3 is 1. The van der Waals surface area contributed by atoms with Crippen LogP contribution >= 0.6 is 11.6 Å². The Morgan fingerprint density at radius 2 is 1.96 bits per heavy atom. The van der Waals surface area contributed by atoms with E-state index in [1.54, 1.807) is 43.5 Å². The molecule has 1 aliphatic heterocycles. The molecule has 1 atom stereocenters. The molecule has 1 unspecified atom stereocenters. The first-order chi connectivity index (χ1) is 12.8. The number of fused-ring (bicyclic) bond motifs is 1. The summed E-state index contributed by atoms with van der Waals surface area (Å²) >= 11 is 6.01. The van der Waals surface area contributed by atoms with Crippen LogP contribution in [0.15, 0.2) is 42.5 Å². The Morgan fingerprint density at radius 1 is 1.26 bits per heavy atom. The topological polar surface area (TPSA) is 84.9 Å². The average Bonchev–Trinajstić information content (AvgIpc) is 2.81. The van der Waals surface area contributed by atoms with Crippen molar-refractivity contribution in [2.24, 2.45) is 0 Å². The fraction of sp³-hybridized carbons (Fsp3) is 0.278. The molecule has 144 valence electrons. The summed E-state index contributed by atoms with van der Waals surface area (Å²) in [4.78, 5) is 12.6. The van der Waals surface area contributed by atoms with Crippen LogP contribution in [0.4, 0.5) is 11.4 Å². The summed E-state index contributed by atoms with van der Waals surface area (Å²) in [5.41, 5.74) is 0.912. The van der Waals surface area contributed by atoms with Crippen LogP contribution in [0.3, 0.4) is 0 Å². The minimum absolute atomic E-state index is 0.104. The second kappa shape index (κ2) is 7.66. The van der Waals surface area contributed by atoms with Crippen LogP contribution in [-0.4, -0.2) is 40.3 Å². The lowest BCUT2D eigenvalue weighted by Gasteiger charge is -2.21. The van der Waals surface area contributed by atoms with Gasteiger partial charge in [-0.3, -0.25) is 9.10 Å². The number of anilines is 2. The van der Waals surface area contributed by atoms with E-state index in [4.69, 9.17) is 21.1 Å². The van der Waals surface area contributed by atoms with Gasteiger partial charge in [0.2, 0.25) is 10.0 Å².